The van der Waals surface area contributed by atoms with Crippen LogP contribution in [0, 0.1) is 0 Å². The van der Waals surface area contributed by atoms with Gasteiger partial charge in [0.25, 0.3) is 5.91 Å². The minimum atomic E-state index is -0.202. The van der Waals surface area contributed by atoms with Gasteiger partial charge >= 0.3 is 0 Å². The lowest BCUT2D eigenvalue weighted by Crippen LogP contribution is -2.31. The highest BCUT2D eigenvalue weighted by molar-refractivity contribution is 6.35. The zero-order chi connectivity index (χ0) is 12.3. The van der Waals surface area contributed by atoms with Crippen LogP contribution in [0.5, 0.6) is 5.75 Å². The van der Waals surface area contributed by atoms with E-state index in [1.54, 1.807) is 18.2 Å². The van der Waals surface area contributed by atoms with E-state index >= 15 is 0 Å². The molecule has 0 unspecified atom stereocenters. The Kier molecular flexibility index (Phi) is 4.10. The van der Waals surface area contributed by atoms with Gasteiger partial charge in [-0.3, -0.25) is 4.79 Å². The molecule has 2 rings (SSSR count). The third-order valence-corrected chi connectivity index (χ3v) is 2.71. The Hall–Kier alpha value is -0.970. The minimum Gasteiger partial charge on any atom is -0.482 e. The molecule has 0 bridgehead atoms. The lowest BCUT2D eigenvalue weighted by molar-refractivity contribution is -0.123. The zero-order valence-corrected chi connectivity index (χ0v) is 10.4. The van der Waals surface area contributed by atoms with Gasteiger partial charge in [0.2, 0.25) is 0 Å². The number of amides is 1. The SMILES string of the molecule is O=C(COc1ccc(Cl)cc1Cl)NC[C@@H]1CO1. The first-order valence-corrected chi connectivity index (χ1v) is 5.87. The van der Waals surface area contributed by atoms with E-state index in [-0.39, 0.29) is 18.6 Å². The number of carbonyl (C=O) groups excluding carboxylic acids is 1. The topological polar surface area (TPSA) is 50.9 Å². The van der Waals surface area contributed by atoms with E-state index in [9.17, 15) is 4.79 Å². The molecule has 1 fully saturated rings. The second-order valence-electron chi connectivity index (χ2n) is 3.62. The van der Waals surface area contributed by atoms with E-state index in [1.807, 2.05) is 0 Å². The van der Waals surface area contributed by atoms with Crippen LogP contribution in [-0.2, 0) is 9.53 Å². The first kappa shape index (κ1) is 12.5. The Morgan fingerprint density at radius 1 is 1.53 bits per heavy atom. The summed E-state index contributed by atoms with van der Waals surface area (Å²) >= 11 is 11.6. The van der Waals surface area contributed by atoms with Crippen molar-refractivity contribution in [1.29, 1.82) is 0 Å². The highest BCUT2D eigenvalue weighted by Gasteiger charge is 2.22. The molecule has 17 heavy (non-hydrogen) atoms. The van der Waals surface area contributed by atoms with Crippen LogP contribution in [0.2, 0.25) is 10.0 Å². The summed E-state index contributed by atoms with van der Waals surface area (Å²) in [5.74, 6) is 0.236. The second-order valence-corrected chi connectivity index (χ2v) is 4.47. The lowest BCUT2D eigenvalue weighted by atomic mass is 10.3. The minimum absolute atomic E-state index is 0.0753. The Bertz CT molecular complexity index is 421. The smallest absolute Gasteiger partial charge is 0.258 e. The van der Waals surface area contributed by atoms with Gasteiger partial charge in [0.1, 0.15) is 5.75 Å². The number of hydrogen-bond acceptors (Lipinski definition) is 3. The highest BCUT2D eigenvalue weighted by Crippen LogP contribution is 2.27. The summed E-state index contributed by atoms with van der Waals surface area (Å²) in [5.41, 5.74) is 0. The molecule has 0 radical (unpaired) electrons. The van der Waals surface area contributed by atoms with Gasteiger partial charge in [0.15, 0.2) is 6.61 Å². The quantitative estimate of drug-likeness (QED) is 0.835. The molecule has 1 aromatic carbocycles. The Morgan fingerprint density at radius 3 is 2.94 bits per heavy atom. The number of nitrogens with one attached hydrogen (secondary N) is 1. The van der Waals surface area contributed by atoms with Crippen LogP contribution in [-0.4, -0.2) is 31.8 Å². The molecule has 0 spiro atoms. The third-order valence-electron chi connectivity index (χ3n) is 2.18. The number of ether oxygens (including phenoxy) is 2. The molecule has 1 aromatic rings. The van der Waals surface area contributed by atoms with Crippen LogP contribution in [0.25, 0.3) is 0 Å². The zero-order valence-electron chi connectivity index (χ0n) is 8.91. The fourth-order valence-corrected chi connectivity index (χ4v) is 1.66. The largest absolute Gasteiger partial charge is 0.482 e. The molecule has 1 saturated heterocycles. The van der Waals surface area contributed by atoms with E-state index in [1.165, 1.54) is 0 Å². The number of epoxide rings is 1. The molecule has 1 aliphatic heterocycles. The molecule has 0 aliphatic carbocycles. The molecular formula is C11H11Cl2NO3. The summed E-state index contributed by atoms with van der Waals surface area (Å²) in [6.07, 6.45) is 0.165. The van der Waals surface area contributed by atoms with E-state index in [0.717, 1.165) is 0 Å². The first-order chi connectivity index (χ1) is 8.15. The van der Waals surface area contributed by atoms with Gasteiger partial charge in [0, 0.05) is 11.6 Å². The van der Waals surface area contributed by atoms with Gasteiger partial charge in [-0.25, -0.2) is 0 Å². The van der Waals surface area contributed by atoms with Gasteiger partial charge in [-0.05, 0) is 18.2 Å². The normalized spacial score (nSPS) is 17.6. The predicted molar refractivity (Wildman–Crippen MR) is 64.7 cm³/mol. The lowest BCUT2D eigenvalue weighted by Gasteiger charge is -2.08. The third kappa shape index (κ3) is 4.07. The van der Waals surface area contributed by atoms with Crippen molar-refractivity contribution < 1.29 is 14.3 Å². The van der Waals surface area contributed by atoms with Gasteiger partial charge < -0.3 is 14.8 Å². The fourth-order valence-electron chi connectivity index (χ4n) is 1.20. The summed E-state index contributed by atoms with van der Waals surface area (Å²) in [5, 5.41) is 3.60. The van der Waals surface area contributed by atoms with Crippen LogP contribution in [0.1, 0.15) is 0 Å². The van der Waals surface area contributed by atoms with Crippen molar-refractivity contribution in [2.24, 2.45) is 0 Å². The molecule has 0 saturated carbocycles. The fraction of sp³-hybridized carbons (Fsp3) is 0.364. The summed E-state index contributed by atoms with van der Waals surface area (Å²) in [4.78, 5) is 11.4. The van der Waals surface area contributed by atoms with E-state index in [4.69, 9.17) is 32.7 Å². The van der Waals surface area contributed by atoms with E-state index in [0.29, 0.717) is 28.9 Å². The average molecular weight is 276 g/mol. The molecule has 1 aliphatic rings. The number of hydrogen-bond donors (Lipinski definition) is 1. The number of benzene rings is 1. The van der Waals surface area contributed by atoms with Crippen molar-refractivity contribution in [1.82, 2.24) is 5.32 Å². The van der Waals surface area contributed by atoms with Gasteiger partial charge in [-0.15, -0.1) is 0 Å². The Labute approximate surface area is 109 Å². The van der Waals surface area contributed by atoms with Crippen molar-refractivity contribution >= 4 is 29.1 Å². The molecule has 6 heteroatoms. The van der Waals surface area contributed by atoms with Gasteiger partial charge in [0.05, 0.1) is 17.7 Å². The van der Waals surface area contributed by atoms with Crippen molar-refractivity contribution in [2.45, 2.75) is 6.10 Å². The summed E-state index contributed by atoms with van der Waals surface area (Å²) in [7, 11) is 0. The number of halogens is 2. The van der Waals surface area contributed by atoms with Crippen LogP contribution in [0.3, 0.4) is 0 Å². The van der Waals surface area contributed by atoms with Crippen molar-refractivity contribution in [3.05, 3.63) is 28.2 Å². The summed E-state index contributed by atoms with van der Waals surface area (Å²) in [6.45, 7) is 1.16. The first-order valence-electron chi connectivity index (χ1n) is 5.11. The van der Waals surface area contributed by atoms with Crippen molar-refractivity contribution in [3.63, 3.8) is 0 Å². The number of carbonyl (C=O) groups is 1. The van der Waals surface area contributed by atoms with E-state index in [2.05, 4.69) is 5.32 Å². The van der Waals surface area contributed by atoms with Gasteiger partial charge in [-0.1, -0.05) is 23.2 Å². The molecule has 1 heterocycles. The second kappa shape index (κ2) is 5.58. The molecule has 4 nitrogen and oxygen atoms in total. The van der Waals surface area contributed by atoms with Crippen molar-refractivity contribution in [3.8, 4) is 5.75 Å². The highest BCUT2D eigenvalue weighted by atomic mass is 35.5. The van der Waals surface area contributed by atoms with Crippen LogP contribution < -0.4 is 10.1 Å². The molecule has 1 amide bonds. The summed E-state index contributed by atoms with van der Waals surface area (Å²) < 4.78 is 10.2. The Morgan fingerprint density at radius 2 is 2.29 bits per heavy atom. The Balaban J connectivity index is 1.77. The van der Waals surface area contributed by atoms with E-state index < -0.39 is 0 Å². The van der Waals surface area contributed by atoms with Crippen LogP contribution in [0.15, 0.2) is 18.2 Å². The molecule has 92 valence electrons. The molecule has 1 atom stereocenters. The number of rotatable bonds is 5. The average Bonchev–Trinajstić information content (AvgIpc) is 3.09. The molecule has 0 aromatic heterocycles. The predicted octanol–water partition coefficient (Wildman–Crippen LogP) is 1.89. The monoisotopic (exact) mass is 275 g/mol. The van der Waals surface area contributed by atoms with Crippen LogP contribution in [0.4, 0.5) is 0 Å². The van der Waals surface area contributed by atoms with Crippen LogP contribution >= 0.6 is 23.2 Å². The van der Waals surface area contributed by atoms with Gasteiger partial charge in [-0.2, -0.15) is 0 Å². The summed E-state index contributed by atoms with van der Waals surface area (Å²) in [6, 6.07) is 4.84. The maximum atomic E-state index is 11.4. The maximum absolute atomic E-state index is 11.4. The van der Waals surface area contributed by atoms with Crippen molar-refractivity contribution in [2.75, 3.05) is 19.8 Å². The maximum Gasteiger partial charge on any atom is 0.258 e. The standard InChI is InChI=1S/C11H11Cl2NO3/c12-7-1-2-10(9(13)3-7)17-6-11(15)14-4-8-5-16-8/h1-3,8H,4-6H2,(H,14,15)/t8-/m1/s1. The molecule has 1 N–H and O–H groups in total. The molecular weight excluding hydrogens is 265 g/mol.